The quantitative estimate of drug-likeness (QED) is 0.899. The van der Waals surface area contributed by atoms with Gasteiger partial charge >= 0.3 is 6.36 Å². The van der Waals surface area contributed by atoms with Crippen LogP contribution in [0.25, 0.3) is 0 Å². The van der Waals surface area contributed by atoms with E-state index in [1.807, 2.05) is 0 Å². The Balaban J connectivity index is 1.96. The molecule has 0 aromatic heterocycles. The van der Waals surface area contributed by atoms with Crippen molar-refractivity contribution in [3.63, 3.8) is 0 Å². The maximum Gasteiger partial charge on any atom is 0.573 e. The molecule has 1 aromatic carbocycles. The first kappa shape index (κ1) is 15.6. The van der Waals surface area contributed by atoms with Crippen molar-refractivity contribution in [1.29, 1.82) is 0 Å². The number of amides is 1. The van der Waals surface area contributed by atoms with Crippen LogP contribution in [0.2, 0.25) is 0 Å². The number of carbonyl (C=O) groups excluding carboxylic acids is 1. The molecule has 4 nitrogen and oxygen atoms in total. The highest BCUT2D eigenvalue weighted by atomic mass is 19.4. The summed E-state index contributed by atoms with van der Waals surface area (Å²) in [5.41, 5.74) is 0.0311. The maximum absolute atomic E-state index is 12.3. The van der Waals surface area contributed by atoms with Gasteiger partial charge in [0, 0.05) is 6.42 Å². The number of anilines is 1. The van der Waals surface area contributed by atoms with Crippen molar-refractivity contribution in [3.05, 3.63) is 24.3 Å². The molecule has 116 valence electrons. The lowest BCUT2D eigenvalue weighted by Gasteiger charge is -2.22. The van der Waals surface area contributed by atoms with E-state index in [0.29, 0.717) is 0 Å². The number of benzene rings is 1. The predicted molar refractivity (Wildman–Crippen MR) is 72.0 cm³/mol. The number of para-hydroxylation sites is 2. The molecular formula is C14H17F3N2O2. The van der Waals surface area contributed by atoms with Crippen molar-refractivity contribution in [2.24, 2.45) is 5.92 Å². The Bertz CT molecular complexity index is 485. The molecule has 0 saturated carbocycles. The van der Waals surface area contributed by atoms with Crippen molar-refractivity contribution in [1.82, 2.24) is 5.32 Å². The Morgan fingerprint density at radius 1 is 1.38 bits per heavy atom. The van der Waals surface area contributed by atoms with E-state index in [-0.39, 0.29) is 23.9 Å². The minimum atomic E-state index is -4.78. The van der Waals surface area contributed by atoms with Gasteiger partial charge in [0.15, 0.2) is 5.75 Å². The van der Waals surface area contributed by atoms with E-state index >= 15 is 0 Å². The zero-order valence-electron chi connectivity index (χ0n) is 11.4. The highest BCUT2D eigenvalue weighted by Crippen LogP contribution is 2.30. The smallest absolute Gasteiger partial charge is 0.404 e. The second-order valence-electron chi connectivity index (χ2n) is 5.01. The summed E-state index contributed by atoms with van der Waals surface area (Å²) in [4.78, 5) is 11.9. The van der Waals surface area contributed by atoms with Crippen LogP contribution in [0, 0.1) is 5.92 Å². The van der Waals surface area contributed by atoms with Gasteiger partial charge in [0.25, 0.3) is 0 Å². The number of ether oxygens (including phenoxy) is 1. The Labute approximate surface area is 120 Å². The summed E-state index contributed by atoms with van der Waals surface area (Å²) in [7, 11) is 0. The molecule has 1 aliphatic heterocycles. The van der Waals surface area contributed by atoms with Crippen LogP contribution in [0.5, 0.6) is 5.75 Å². The van der Waals surface area contributed by atoms with E-state index in [1.54, 1.807) is 6.07 Å². The number of alkyl halides is 3. The van der Waals surface area contributed by atoms with Gasteiger partial charge in [-0.15, -0.1) is 13.2 Å². The summed E-state index contributed by atoms with van der Waals surface area (Å²) in [6.45, 7) is 1.70. The van der Waals surface area contributed by atoms with Crippen molar-refractivity contribution in [3.8, 4) is 5.75 Å². The number of nitrogens with one attached hydrogen (secondary N) is 2. The van der Waals surface area contributed by atoms with Gasteiger partial charge < -0.3 is 15.4 Å². The molecule has 21 heavy (non-hydrogen) atoms. The summed E-state index contributed by atoms with van der Waals surface area (Å²) in [5.74, 6) is -0.489. The standard InChI is InChI=1S/C14H17F3N2O2/c15-14(16,17)21-12-6-2-1-5-11(12)19-13(20)8-10-4-3-7-18-9-10/h1-2,5-6,10,18H,3-4,7-9H2,(H,19,20). The third-order valence-electron chi connectivity index (χ3n) is 3.26. The molecule has 2 rings (SSSR count). The molecule has 0 bridgehead atoms. The van der Waals surface area contributed by atoms with Crippen molar-refractivity contribution < 1.29 is 22.7 Å². The van der Waals surface area contributed by atoms with Crippen LogP contribution < -0.4 is 15.4 Å². The summed E-state index contributed by atoms with van der Waals surface area (Å²) >= 11 is 0. The van der Waals surface area contributed by atoms with Crippen LogP contribution in [0.15, 0.2) is 24.3 Å². The molecule has 1 amide bonds. The van der Waals surface area contributed by atoms with E-state index < -0.39 is 12.1 Å². The minimum Gasteiger partial charge on any atom is -0.404 e. The lowest BCUT2D eigenvalue weighted by molar-refractivity contribution is -0.274. The number of carbonyl (C=O) groups is 1. The van der Waals surface area contributed by atoms with Crippen LogP contribution in [0.1, 0.15) is 19.3 Å². The first-order chi connectivity index (χ1) is 9.94. The van der Waals surface area contributed by atoms with Gasteiger partial charge in [-0.05, 0) is 44.0 Å². The average molecular weight is 302 g/mol. The van der Waals surface area contributed by atoms with Gasteiger partial charge in [-0.25, -0.2) is 0 Å². The second kappa shape index (κ2) is 6.80. The number of rotatable bonds is 4. The molecule has 0 spiro atoms. The molecule has 1 aromatic rings. The molecule has 1 atom stereocenters. The largest absolute Gasteiger partial charge is 0.573 e. The van der Waals surface area contributed by atoms with E-state index in [9.17, 15) is 18.0 Å². The van der Waals surface area contributed by atoms with Crippen molar-refractivity contribution in [2.45, 2.75) is 25.6 Å². The first-order valence-corrected chi connectivity index (χ1v) is 6.79. The van der Waals surface area contributed by atoms with Crippen LogP contribution in [-0.4, -0.2) is 25.4 Å². The fraction of sp³-hybridized carbons (Fsp3) is 0.500. The van der Waals surface area contributed by atoms with Crippen LogP contribution in [0.3, 0.4) is 0 Å². The van der Waals surface area contributed by atoms with Gasteiger partial charge in [-0.1, -0.05) is 12.1 Å². The van der Waals surface area contributed by atoms with Crippen LogP contribution >= 0.6 is 0 Å². The van der Waals surface area contributed by atoms with Gasteiger partial charge in [0.2, 0.25) is 5.91 Å². The SMILES string of the molecule is O=C(CC1CCCNC1)Nc1ccccc1OC(F)(F)F. The molecule has 0 aliphatic carbocycles. The number of hydrogen-bond donors (Lipinski definition) is 2. The highest BCUT2D eigenvalue weighted by Gasteiger charge is 2.32. The highest BCUT2D eigenvalue weighted by molar-refractivity contribution is 5.92. The molecular weight excluding hydrogens is 285 g/mol. The third-order valence-corrected chi connectivity index (χ3v) is 3.26. The molecule has 1 fully saturated rings. The molecule has 1 saturated heterocycles. The first-order valence-electron chi connectivity index (χ1n) is 6.79. The lowest BCUT2D eigenvalue weighted by Crippen LogP contribution is -2.32. The average Bonchev–Trinajstić information content (AvgIpc) is 2.40. The summed E-state index contributed by atoms with van der Waals surface area (Å²) in [6.07, 6.45) is -2.55. The summed E-state index contributed by atoms with van der Waals surface area (Å²) in [6, 6.07) is 5.52. The molecule has 7 heteroatoms. The minimum absolute atomic E-state index is 0.0311. The molecule has 0 radical (unpaired) electrons. The van der Waals surface area contributed by atoms with E-state index in [2.05, 4.69) is 15.4 Å². The Kier molecular flexibility index (Phi) is 5.06. The van der Waals surface area contributed by atoms with Crippen molar-refractivity contribution >= 4 is 11.6 Å². The summed E-state index contributed by atoms with van der Waals surface area (Å²) < 4.78 is 40.8. The normalized spacial score (nSPS) is 19.1. The topological polar surface area (TPSA) is 50.4 Å². The Hall–Kier alpha value is -1.76. The Morgan fingerprint density at radius 3 is 2.81 bits per heavy atom. The van der Waals surface area contributed by atoms with E-state index in [4.69, 9.17) is 0 Å². The maximum atomic E-state index is 12.3. The fourth-order valence-electron chi connectivity index (χ4n) is 2.35. The second-order valence-corrected chi connectivity index (χ2v) is 5.01. The summed E-state index contributed by atoms with van der Waals surface area (Å²) in [5, 5.41) is 5.68. The van der Waals surface area contributed by atoms with Crippen LogP contribution in [0.4, 0.5) is 18.9 Å². The van der Waals surface area contributed by atoms with Gasteiger partial charge in [0.1, 0.15) is 0 Å². The van der Waals surface area contributed by atoms with E-state index in [1.165, 1.54) is 18.2 Å². The fourth-order valence-corrected chi connectivity index (χ4v) is 2.35. The number of piperidine rings is 1. The number of hydrogen-bond acceptors (Lipinski definition) is 3. The molecule has 2 N–H and O–H groups in total. The Morgan fingerprint density at radius 2 is 2.14 bits per heavy atom. The third kappa shape index (κ3) is 5.26. The van der Waals surface area contributed by atoms with Gasteiger partial charge in [0.05, 0.1) is 5.69 Å². The zero-order valence-corrected chi connectivity index (χ0v) is 11.4. The van der Waals surface area contributed by atoms with E-state index in [0.717, 1.165) is 25.9 Å². The number of halogens is 3. The predicted octanol–water partition coefficient (Wildman–Crippen LogP) is 2.91. The molecule has 1 unspecified atom stereocenters. The van der Waals surface area contributed by atoms with Gasteiger partial charge in [-0.3, -0.25) is 4.79 Å². The van der Waals surface area contributed by atoms with Crippen LogP contribution in [-0.2, 0) is 4.79 Å². The lowest BCUT2D eigenvalue weighted by atomic mass is 9.96. The molecule has 1 heterocycles. The molecule has 1 aliphatic rings. The monoisotopic (exact) mass is 302 g/mol. The zero-order chi connectivity index (χ0) is 15.3. The van der Waals surface area contributed by atoms with Gasteiger partial charge in [-0.2, -0.15) is 0 Å². The van der Waals surface area contributed by atoms with Crippen molar-refractivity contribution in [2.75, 3.05) is 18.4 Å².